The van der Waals surface area contributed by atoms with Gasteiger partial charge in [-0.15, -0.1) is 0 Å². The lowest BCUT2D eigenvalue weighted by Crippen LogP contribution is -2.36. The van der Waals surface area contributed by atoms with Crippen molar-refractivity contribution in [2.24, 2.45) is 0 Å². The number of benzene rings is 1. The molecule has 1 amide bonds. The van der Waals surface area contributed by atoms with E-state index in [1.54, 1.807) is 7.11 Å². The highest BCUT2D eigenvalue weighted by atomic mass is 16.5. The number of aromatic nitrogens is 1. The first-order valence-electron chi connectivity index (χ1n) is 7.15. The number of pyridine rings is 1. The van der Waals surface area contributed by atoms with E-state index in [2.05, 4.69) is 22.4 Å². The number of nitrogens with zero attached hydrogens (tertiary/aromatic N) is 1. The predicted molar refractivity (Wildman–Crippen MR) is 79.6 cm³/mol. The van der Waals surface area contributed by atoms with Gasteiger partial charge in [0, 0.05) is 36.0 Å². The van der Waals surface area contributed by atoms with Crippen LogP contribution in [0.1, 0.15) is 29.5 Å². The number of hydrogen-bond acceptors (Lipinski definition) is 3. The molecule has 1 aliphatic heterocycles. The number of carbonyl (C=O) groups excluding carboxylic acids is 1. The summed E-state index contributed by atoms with van der Waals surface area (Å²) in [5, 5.41) is 2.98. The lowest BCUT2D eigenvalue weighted by molar-refractivity contribution is -0.117. The van der Waals surface area contributed by atoms with Gasteiger partial charge in [0.15, 0.2) is 0 Å². The van der Waals surface area contributed by atoms with Crippen LogP contribution in [0.4, 0.5) is 5.69 Å². The highest BCUT2D eigenvalue weighted by molar-refractivity contribution is 5.97. The van der Waals surface area contributed by atoms with Gasteiger partial charge in [-0.3, -0.25) is 9.78 Å². The van der Waals surface area contributed by atoms with Gasteiger partial charge in [0.2, 0.25) is 5.91 Å². The fourth-order valence-corrected chi connectivity index (χ4v) is 3.75. The fraction of sp³-hybridized carbons (Fsp3) is 0.294. The van der Waals surface area contributed by atoms with Crippen LogP contribution in [-0.4, -0.2) is 18.0 Å². The Hall–Kier alpha value is -2.36. The molecule has 1 unspecified atom stereocenters. The number of methoxy groups -OCH3 is 1. The Kier molecular flexibility index (Phi) is 2.55. The molecule has 1 spiro atoms. The molecule has 0 saturated carbocycles. The second kappa shape index (κ2) is 4.32. The second-order valence-electron chi connectivity index (χ2n) is 5.75. The van der Waals surface area contributed by atoms with Crippen LogP contribution in [0.3, 0.4) is 0 Å². The molecular formula is C17H16N2O2. The Bertz CT molecular complexity index is 741. The first kappa shape index (κ1) is 12.4. The molecule has 2 aromatic rings. The van der Waals surface area contributed by atoms with Crippen molar-refractivity contribution in [1.82, 2.24) is 4.98 Å². The molecule has 1 aromatic carbocycles. The molecule has 0 bridgehead atoms. The third-order valence-corrected chi connectivity index (χ3v) is 4.73. The van der Waals surface area contributed by atoms with Gasteiger partial charge in [0.05, 0.1) is 7.11 Å². The van der Waals surface area contributed by atoms with Gasteiger partial charge in [-0.25, -0.2) is 0 Å². The third-order valence-electron chi connectivity index (χ3n) is 4.73. The van der Waals surface area contributed by atoms with Crippen LogP contribution < -0.4 is 10.1 Å². The normalized spacial score (nSPS) is 22.6. The fourth-order valence-electron chi connectivity index (χ4n) is 3.75. The van der Waals surface area contributed by atoms with Crippen LogP contribution in [-0.2, 0) is 16.6 Å². The first-order chi connectivity index (χ1) is 10.2. The largest absolute Gasteiger partial charge is 0.497 e. The quantitative estimate of drug-likeness (QED) is 0.873. The summed E-state index contributed by atoms with van der Waals surface area (Å²) < 4.78 is 5.27. The number of aryl methyl sites for hydroxylation is 1. The zero-order valence-corrected chi connectivity index (χ0v) is 11.8. The summed E-state index contributed by atoms with van der Waals surface area (Å²) in [5.74, 6) is 0.822. The molecule has 1 atom stereocenters. The van der Waals surface area contributed by atoms with E-state index in [1.165, 1.54) is 16.7 Å². The minimum absolute atomic E-state index is 0.0625. The Labute approximate surface area is 123 Å². The summed E-state index contributed by atoms with van der Waals surface area (Å²) in [6.07, 6.45) is 6.20. The standard InChI is InChI=1S/C17H16N2O2/c1-21-12-2-3-13-15(8-12)19-16(20)9-17(13)6-4-11-5-7-18-10-14(11)17/h2-3,5,7-8,10H,4,6,9H2,1H3,(H,19,20). The number of anilines is 1. The minimum Gasteiger partial charge on any atom is -0.497 e. The minimum atomic E-state index is -0.229. The van der Waals surface area contributed by atoms with Crippen LogP contribution in [0, 0.1) is 0 Å². The van der Waals surface area contributed by atoms with Gasteiger partial charge < -0.3 is 10.1 Å². The average molecular weight is 280 g/mol. The van der Waals surface area contributed by atoms with Gasteiger partial charge in [-0.1, -0.05) is 6.07 Å². The third kappa shape index (κ3) is 1.68. The average Bonchev–Trinajstić information content (AvgIpc) is 2.86. The van der Waals surface area contributed by atoms with Crippen molar-refractivity contribution in [1.29, 1.82) is 0 Å². The number of carbonyl (C=O) groups is 1. The maximum absolute atomic E-state index is 12.2. The lowest BCUT2D eigenvalue weighted by Gasteiger charge is -2.36. The number of hydrogen-bond donors (Lipinski definition) is 1. The monoisotopic (exact) mass is 280 g/mol. The number of fused-ring (bicyclic) bond motifs is 4. The van der Waals surface area contributed by atoms with E-state index >= 15 is 0 Å². The SMILES string of the molecule is COc1ccc2c(c1)NC(=O)CC21CCc2ccncc21. The molecule has 2 heterocycles. The van der Waals surface area contributed by atoms with Gasteiger partial charge >= 0.3 is 0 Å². The zero-order valence-electron chi connectivity index (χ0n) is 11.8. The van der Waals surface area contributed by atoms with Crippen LogP contribution >= 0.6 is 0 Å². The molecule has 1 aromatic heterocycles. The van der Waals surface area contributed by atoms with Crippen molar-refractivity contribution in [2.75, 3.05) is 12.4 Å². The van der Waals surface area contributed by atoms with Gasteiger partial charge in [-0.05, 0) is 41.7 Å². The first-order valence-corrected chi connectivity index (χ1v) is 7.15. The number of nitrogens with one attached hydrogen (secondary N) is 1. The Balaban J connectivity index is 1.95. The van der Waals surface area contributed by atoms with Crippen molar-refractivity contribution in [3.05, 3.63) is 53.3 Å². The Morgan fingerprint density at radius 2 is 2.19 bits per heavy atom. The lowest BCUT2D eigenvalue weighted by atomic mass is 9.71. The molecule has 4 nitrogen and oxygen atoms in total. The van der Waals surface area contributed by atoms with Gasteiger partial charge in [-0.2, -0.15) is 0 Å². The van der Waals surface area contributed by atoms with E-state index in [1.807, 2.05) is 24.5 Å². The molecule has 1 aliphatic carbocycles. The summed E-state index contributed by atoms with van der Waals surface area (Å²) >= 11 is 0. The van der Waals surface area contributed by atoms with Gasteiger partial charge in [0.25, 0.3) is 0 Å². The van der Waals surface area contributed by atoms with Crippen LogP contribution in [0.15, 0.2) is 36.7 Å². The van der Waals surface area contributed by atoms with Crippen molar-refractivity contribution >= 4 is 11.6 Å². The number of amides is 1. The molecule has 4 rings (SSSR count). The highest BCUT2D eigenvalue weighted by Crippen LogP contribution is 2.51. The molecule has 0 radical (unpaired) electrons. The smallest absolute Gasteiger partial charge is 0.225 e. The van der Waals surface area contributed by atoms with E-state index in [-0.39, 0.29) is 11.3 Å². The molecule has 0 saturated heterocycles. The molecule has 2 aliphatic rings. The van der Waals surface area contributed by atoms with Crippen molar-refractivity contribution < 1.29 is 9.53 Å². The molecule has 0 fully saturated rings. The number of rotatable bonds is 1. The van der Waals surface area contributed by atoms with E-state index in [4.69, 9.17) is 4.74 Å². The van der Waals surface area contributed by atoms with Crippen molar-refractivity contribution in [3.8, 4) is 5.75 Å². The molecule has 4 heteroatoms. The van der Waals surface area contributed by atoms with E-state index in [0.29, 0.717) is 6.42 Å². The Morgan fingerprint density at radius 1 is 1.29 bits per heavy atom. The van der Waals surface area contributed by atoms with Gasteiger partial charge in [0.1, 0.15) is 5.75 Å². The van der Waals surface area contributed by atoms with E-state index < -0.39 is 0 Å². The maximum atomic E-state index is 12.2. The summed E-state index contributed by atoms with van der Waals surface area (Å²) in [6.45, 7) is 0. The van der Waals surface area contributed by atoms with Crippen molar-refractivity contribution in [3.63, 3.8) is 0 Å². The molecular weight excluding hydrogens is 264 g/mol. The summed E-state index contributed by atoms with van der Waals surface area (Å²) in [5.41, 5.74) is 4.32. The van der Waals surface area contributed by atoms with Crippen LogP contribution in [0.5, 0.6) is 5.75 Å². The zero-order chi connectivity index (χ0) is 14.4. The van der Waals surface area contributed by atoms with Crippen molar-refractivity contribution in [2.45, 2.75) is 24.7 Å². The number of ether oxygens (including phenoxy) is 1. The second-order valence-corrected chi connectivity index (χ2v) is 5.75. The predicted octanol–water partition coefficient (Wildman–Crippen LogP) is 2.66. The Morgan fingerprint density at radius 3 is 3.05 bits per heavy atom. The summed E-state index contributed by atoms with van der Waals surface area (Å²) in [4.78, 5) is 16.5. The maximum Gasteiger partial charge on any atom is 0.225 e. The summed E-state index contributed by atoms with van der Waals surface area (Å²) in [6, 6.07) is 8.02. The van der Waals surface area contributed by atoms with E-state index in [0.717, 1.165) is 24.3 Å². The summed E-state index contributed by atoms with van der Waals surface area (Å²) in [7, 11) is 1.64. The molecule has 21 heavy (non-hydrogen) atoms. The molecule has 106 valence electrons. The van der Waals surface area contributed by atoms with Crippen LogP contribution in [0.2, 0.25) is 0 Å². The van der Waals surface area contributed by atoms with Crippen LogP contribution in [0.25, 0.3) is 0 Å². The highest BCUT2D eigenvalue weighted by Gasteiger charge is 2.46. The van der Waals surface area contributed by atoms with E-state index in [9.17, 15) is 4.79 Å². The molecule has 1 N–H and O–H groups in total. The topological polar surface area (TPSA) is 51.2 Å².